The lowest BCUT2D eigenvalue weighted by atomic mass is 9.91. The van der Waals surface area contributed by atoms with Gasteiger partial charge in [-0.3, -0.25) is 9.69 Å². The maximum atomic E-state index is 12.5. The van der Waals surface area contributed by atoms with E-state index in [1.54, 1.807) is 31.4 Å². The van der Waals surface area contributed by atoms with Crippen LogP contribution in [0.25, 0.3) is 0 Å². The normalized spacial score (nSPS) is 26.9. The van der Waals surface area contributed by atoms with Gasteiger partial charge in [0.05, 0.1) is 19.3 Å². The Hall–Kier alpha value is -2.37. The molecule has 2 aromatic rings. The minimum absolute atomic E-state index is 0.0756. The summed E-state index contributed by atoms with van der Waals surface area (Å²) in [7, 11) is 1.65. The molecule has 5 nitrogen and oxygen atoms in total. The van der Waals surface area contributed by atoms with E-state index in [1.165, 1.54) is 0 Å². The first-order valence-corrected chi connectivity index (χ1v) is 9.84. The quantitative estimate of drug-likeness (QED) is 0.753. The molecule has 1 saturated heterocycles. The Balaban J connectivity index is 1.33. The number of rotatable bonds is 6. The lowest BCUT2D eigenvalue weighted by Gasteiger charge is -2.26. The first-order chi connectivity index (χ1) is 13.4. The van der Waals surface area contributed by atoms with Crippen molar-refractivity contribution in [3.05, 3.63) is 59.7 Å². The number of carbonyl (C=O) groups is 1. The average molecular weight is 381 g/mol. The zero-order valence-electron chi connectivity index (χ0n) is 16.2. The Morgan fingerprint density at radius 1 is 1.14 bits per heavy atom. The summed E-state index contributed by atoms with van der Waals surface area (Å²) in [5, 5.41) is 20.5. The molecule has 0 radical (unpaired) electrons. The maximum Gasteiger partial charge on any atom is 0.176 e. The highest BCUT2D eigenvalue weighted by Crippen LogP contribution is 2.45. The molecule has 1 aliphatic carbocycles. The van der Waals surface area contributed by atoms with Crippen molar-refractivity contribution in [2.45, 2.75) is 24.9 Å². The number of hydrogen-bond acceptors (Lipinski definition) is 5. The Bertz CT molecular complexity index is 834. The number of carbonyl (C=O) groups excluding carboxylic acids is 1. The highest BCUT2D eigenvalue weighted by Gasteiger charge is 2.48. The van der Waals surface area contributed by atoms with Gasteiger partial charge in [0.25, 0.3) is 0 Å². The van der Waals surface area contributed by atoms with Gasteiger partial charge in [0.2, 0.25) is 0 Å². The van der Waals surface area contributed by atoms with Crippen molar-refractivity contribution >= 4 is 5.78 Å². The van der Waals surface area contributed by atoms with Gasteiger partial charge in [0, 0.05) is 25.1 Å². The number of nitrogens with zero attached hydrogens (tertiary/aromatic N) is 1. The van der Waals surface area contributed by atoms with Gasteiger partial charge in [0.1, 0.15) is 11.5 Å². The zero-order valence-corrected chi connectivity index (χ0v) is 16.2. The van der Waals surface area contributed by atoms with Crippen molar-refractivity contribution in [1.82, 2.24) is 4.90 Å². The minimum atomic E-state index is -0.672. The molecule has 2 fully saturated rings. The molecule has 0 spiro atoms. The number of Topliss-reactive ketones (excluding diaryl/α,β-unsaturated/α-hetero) is 1. The van der Waals surface area contributed by atoms with Gasteiger partial charge in [-0.2, -0.15) is 0 Å². The van der Waals surface area contributed by atoms with Crippen LogP contribution in [0.5, 0.6) is 11.5 Å². The van der Waals surface area contributed by atoms with Crippen molar-refractivity contribution in [1.29, 1.82) is 0 Å². The Morgan fingerprint density at radius 3 is 2.46 bits per heavy atom. The molecule has 0 amide bonds. The Morgan fingerprint density at radius 2 is 1.82 bits per heavy atom. The van der Waals surface area contributed by atoms with Crippen LogP contribution in [0.3, 0.4) is 0 Å². The van der Waals surface area contributed by atoms with E-state index in [9.17, 15) is 15.0 Å². The van der Waals surface area contributed by atoms with Gasteiger partial charge in [-0.1, -0.05) is 12.1 Å². The van der Waals surface area contributed by atoms with Gasteiger partial charge in [0.15, 0.2) is 5.78 Å². The summed E-state index contributed by atoms with van der Waals surface area (Å²) in [6.45, 7) is 2.11. The fourth-order valence-electron chi connectivity index (χ4n) is 4.94. The number of benzene rings is 2. The summed E-state index contributed by atoms with van der Waals surface area (Å²) in [5.74, 6) is 1.93. The molecule has 148 valence electrons. The van der Waals surface area contributed by atoms with E-state index in [0.29, 0.717) is 30.4 Å². The maximum absolute atomic E-state index is 12.5. The second-order valence-corrected chi connectivity index (χ2v) is 8.35. The number of phenolic OH excluding ortho intramolecular Hbond substituents is 1. The van der Waals surface area contributed by atoms with Crippen LogP contribution in [0, 0.1) is 11.8 Å². The summed E-state index contributed by atoms with van der Waals surface area (Å²) in [5.41, 5.74) is 1.06. The lowest BCUT2D eigenvalue weighted by Crippen LogP contribution is -2.34. The predicted molar refractivity (Wildman–Crippen MR) is 107 cm³/mol. The Kier molecular flexibility index (Phi) is 5.13. The average Bonchev–Trinajstić information content (AvgIpc) is 3.16. The van der Waals surface area contributed by atoms with Crippen LogP contribution in [0.4, 0.5) is 0 Å². The second-order valence-electron chi connectivity index (χ2n) is 8.35. The molecule has 1 heterocycles. The molecule has 0 bridgehead atoms. The van der Waals surface area contributed by atoms with Crippen LogP contribution < -0.4 is 4.74 Å². The van der Waals surface area contributed by atoms with Crippen molar-refractivity contribution in [2.75, 3.05) is 26.7 Å². The zero-order chi connectivity index (χ0) is 19.7. The van der Waals surface area contributed by atoms with Crippen LogP contribution in [-0.4, -0.2) is 53.2 Å². The molecular formula is C23H27NO4. The lowest BCUT2D eigenvalue weighted by molar-refractivity contribution is 0.0355. The third-order valence-corrected chi connectivity index (χ3v) is 6.16. The number of ether oxygens (including phenoxy) is 1. The fourth-order valence-corrected chi connectivity index (χ4v) is 4.94. The van der Waals surface area contributed by atoms with Crippen molar-refractivity contribution in [3.63, 3.8) is 0 Å². The number of phenols is 1. The van der Waals surface area contributed by atoms with Crippen LogP contribution in [0.2, 0.25) is 0 Å². The van der Waals surface area contributed by atoms with E-state index in [0.717, 1.165) is 37.2 Å². The summed E-state index contributed by atoms with van der Waals surface area (Å²) in [4.78, 5) is 14.7. The minimum Gasteiger partial charge on any atom is -0.508 e. The number of ketones is 1. The van der Waals surface area contributed by atoms with Crippen LogP contribution in [-0.2, 0) is 6.42 Å². The van der Waals surface area contributed by atoms with E-state index in [4.69, 9.17) is 4.74 Å². The van der Waals surface area contributed by atoms with Gasteiger partial charge < -0.3 is 14.9 Å². The van der Waals surface area contributed by atoms with Gasteiger partial charge in [-0.15, -0.1) is 0 Å². The molecule has 28 heavy (non-hydrogen) atoms. The smallest absolute Gasteiger partial charge is 0.176 e. The monoisotopic (exact) mass is 381 g/mol. The van der Waals surface area contributed by atoms with Crippen molar-refractivity contribution in [2.24, 2.45) is 11.8 Å². The fraction of sp³-hybridized carbons (Fsp3) is 0.435. The van der Waals surface area contributed by atoms with E-state index in [2.05, 4.69) is 4.90 Å². The molecule has 2 aliphatic rings. The molecule has 5 heteroatoms. The number of methoxy groups -OCH3 is 1. The number of likely N-dealkylation sites (tertiary alicyclic amines) is 1. The molecule has 1 aliphatic heterocycles. The SMILES string of the molecule is COc1cccc(C[C@@]2(O)C[C@H]3CN(CC(=O)c4ccc(O)cc4)C[C@H]3C2)c1. The molecule has 3 atom stereocenters. The molecule has 0 unspecified atom stereocenters. The molecular weight excluding hydrogens is 354 g/mol. The van der Waals surface area contributed by atoms with Crippen LogP contribution in [0.1, 0.15) is 28.8 Å². The summed E-state index contributed by atoms with van der Waals surface area (Å²) in [6.07, 6.45) is 2.20. The number of aromatic hydroxyl groups is 1. The summed E-state index contributed by atoms with van der Waals surface area (Å²) < 4.78 is 5.29. The van der Waals surface area contributed by atoms with Crippen LogP contribution >= 0.6 is 0 Å². The van der Waals surface area contributed by atoms with E-state index in [1.807, 2.05) is 24.3 Å². The number of fused-ring (bicyclic) bond motifs is 1. The second kappa shape index (κ2) is 7.57. The highest BCUT2D eigenvalue weighted by atomic mass is 16.5. The van der Waals surface area contributed by atoms with E-state index in [-0.39, 0.29) is 11.5 Å². The van der Waals surface area contributed by atoms with E-state index < -0.39 is 5.60 Å². The molecule has 4 rings (SSSR count). The molecule has 2 N–H and O–H groups in total. The Labute approximate surface area is 165 Å². The topological polar surface area (TPSA) is 70.0 Å². The third-order valence-electron chi connectivity index (χ3n) is 6.16. The number of aliphatic hydroxyl groups is 1. The predicted octanol–water partition coefficient (Wildman–Crippen LogP) is 2.90. The van der Waals surface area contributed by atoms with Crippen molar-refractivity contribution in [3.8, 4) is 11.5 Å². The molecule has 2 aromatic carbocycles. The van der Waals surface area contributed by atoms with Gasteiger partial charge >= 0.3 is 0 Å². The van der Waals surface area contributed by atoms with Crippen molar-refractivity contribution < 1.29 is 19.7 Å². The first kappa shape index (κ1) is 19.0. The largest absolute Gasteiger partial charge is 0.508 e. The molecule has 0 aromatic heterocycles. The van der Waals surface area contributed by atoms with Crippen LogP contribution in [0.15, 0.2) is 48.5 Å². The van der Waals surface area contributed by atoms with Gasteiger partial charge in [-0.25, -0.2) is 0 Å². The highest BCUT2D eigenvalue weighted by molar-refractivity contribution is 5.97. The summed E-state index contributed by atoms with van der Waals surface area (Å²) >= 11 is 0. The number of hydrogen-bond donors (Lipinski definition) is 2. The third kappa shape index (κ3) is 4.05. The first-order valence-electron chi connectivity index (χ1n) is 9.84. The van der Waals surface area contributed by atoms with E-state index >= 15 is 0 Å². The molecule has 1 saturated carbocycles. The standard InChI is InChI=1S/C23H27NO4/c1-28-21-4-2-3-16(9-21)10-23(27)11-18-13-24(14-19(18)12-23)15-22(26)17-5-7-20(25)8-6-17/h2-9,18-19,25,27H,10-15H2,1H3/t18-,19+,23+. The summed E-state index contributed by atoms with van der Waals surface area (Å²) in [6, 6.07) is 14.3. The van der Waals surface area contributed by atoms with Gasteiger partial charge in [-0.05, 0) is 66.6 Å².